The molecule has 0 aliphatic rings. The molecular weight excluding hydrogens is 538 g/mol. The van der Waals surface area contributed by atoms with Crippen LogP contribution in [0.4, 0.5) is 15.1 Å². The monoisotopic (exact) mass is 559 g/mol. The van der Waals surface area contributed by atoms with Crippen LogP contribution in [0.5, 0.6) is 5.75 Å². The van der Waals surface area contributed by atoms with Gasteiger partial charge in [0, 0.05) is 19.0 Å². The van der Waals surface area contributed by atoms with Gasteiger partial charge in [-0.15, -0.1) is 20.4 Å². The van der Waals surface area contributed by atoms with Gasteiger partial charge in [-0.2, -0.15) is 0 Å². The number of aryl methyl sites for hydroxylation is 2. The van der Waals surface area contributed by atoms with Crippen molar-refractivity contribution in [1.29, 1.82) is 0 Å². The summed E-state index contributed by atoms with van der Waals surface area (Å²) in [5.74, 6) is -0.215. The van der Waals surface area contributed by atoms with E-state index >= 15 is 0 Å². The molecule has 192 valence electrons. The number of amides is 2. The van der Waals surface area contributed by atoms with Gasteiger partial charge in [-0.1, -0.05) is 53.0 Å². The third-order valence-corrected chi connectivity index (χ3v) is 8.14. The predicted octanol–water partition coefficient (Wildman–Crippen LogP) is 2.78. The van der Waals surface area contributed by atoms with Crippen LogP contribution in [-0.4, -0.2) is 57.3 Å². The second-order valence-electron chi connectivity index (χ2n) is 7.57. The van der Waals surface area contributed by atoms with E-state index in [4.69, 9.17) is 4.74 Å². The van der Waals surface area contributed by atoms with Crippen LogP contribution in [-0.2, 0) is 33.9 Å². The molecule has 0 bridgehead atoms. The normalized spacial score (nSPS) is 11.1. The van der Waals surface area contributed by atoms with Crippen molar-refractivity contribution in [1.82, 2.24) is 25.4 Å². The number of sulfone groups is 1. The molecule has 0 radical (unpaired) electrons. The number of benzene rings is 1. The highest BCUT2D eigenvalue weighted by molar-refractivity contribution is 7.91. The van der Waals surface area contributed by atoms with Gasteiger partial charge in [0.25, 0.3) is 0 Å². The summed E-state index contributed by atoms with van der Waals surface area (Å²) in [4.78, 5) is 27.9. The number of nitrogens with one attached hydrogen (secondary N) is 2. The van der Waals surface area contributed by atoms with Crippen molar-refractivity contribution in [3.63, 3.8) is 0 Å². The van der Waals surface area contributed by atoms with Gasteiger partial charge in [0.15, 0.2) is 15.6 Å². The number of ether oxygens (including phenoxy) is 1. The van der Waals surface area contributed by atoms with Crippen molar-refractivity contribution in [2.45, 2.75) is 19.3 Å². The van der Waals surface area contributed by atoms with Crippen LogP contribution in [0.2, 0.25) is 0 Å². The van der Waals surface area contributed by atoms with Crippen LogP contribution >= 0.6 is 22.7 Å². The standard InChI is InChI=1S/C22H21N7O5S3/c30-17(13-15-5-2-1-3-6-15)24-20-28-26-18(35-20)8-11-37(32,33)12-9-19-27-29-21(36-19)25-22(31)34-16-7-4-10-23-14-16/h1-7,10,14H,8-9,11-13H2,(H,24,28,30)(H,25,29,31). The van der Waals surface area contributed by atoms with E-state index in [2.05, 4.69) is 36.0 Å². The molecule has 4 aromatic rings. The smallest absolute Gasteiger partial charge is 0.408 e. The molecule has 2 N–H and O–H groups in total. The van der Waals surface area contributed by atoms with Gasteiger partial charge in [0.05, 0.1) is 24.1 Å². The third kappa shape index (κ3) is 8.66. The fraction of sp³-hybridized carbons (Fsp3) is 0.227. The Morgan fingerprint density at radius 3 is 2.11 bits per heavy atom. The SMILES string of the molecule is O=C(Cc1ccccc1)Nc1nnc(CCS(=O)(=O)CCc2nnc(NC(=O)Oc3cccnc3)s2)s1. The van der Waals surface area contributed by atoms with Crippen molar-refractivity contribution >= 4 is 54.8 Å². The Hall–Kier alpha value is -3.82. The Bertz CT molecular complexity index is 1340. The van der Waals surface area contributed by atoms with E-state index in [0.29, 0.717) is 15.1 Å². The first-order valence-electron chi connectivity index (χ1n) is 10.9. The predicted molar refractivity (Wildman–Crippen MR) is 139 cm³/mol. The van der Waals surface area contributed by atoms with Crippen molar-refractivity contribution in [2.24, 2.45) is 0 Å². The van der Waals surface area contributed by atoms with Gasteiger partial charge in [-0.25, -0.2) is 13.2 Å². The van der Waals surface area contributed by atoms with Gasteiger partial charge >= 0.3 is 6.09 Å². The summed E-state index contributed by atoms with van der Waals surface area (Å²) < 4.78 is 30.1. The first-order chi connectivity index (χ1) is 17.8. The summed E-state index contributed by atoms with van der Waals surface area (Å²) >= 11 is 2.20. The maximum absolute atomic E-state index is 12.5. The molecule has 12 nitrogen and oxygen atoms in total. The summed E-state index contributed by atoms with van der Waals surface area (Å²) in [5.41, 5.74) is 0.874. The highest BCUT2D eigenvalue weighted by Crippen LogP contribution is 2.19. The maximum atomic E-state index is 12.5. The lowest BCUT2D eigenvalue weighted by Crippen LogP contribution is -2.16. The van der Waals surface area contributed by atoms with Crippen molar-refractivity contribution in [3.05, 3.63) is 70.4 Å². The molecule has 3 aromatic heterocycles. The van der Waals surface area contributed by atoms with Gasteiger partial charge in [0.2, 0.25) is 16.2 Å². The van der Waals surface area contributed by atoms with Gasteiger partial charge in [-0.3, -0.25) is 15.1 Å². The summed E-state index contributed by atoms with van der Waals surface area (Å²) in [6, 6.07) is 12.5. The first kappa shape index (κ1) is 26.2. The number of carbonyl (C=O) groups is 2. The van der Waals surface area contributed by atoms with Crippen molar-refractivity contribution in [3.8, 4) is 5.75 Å². The topological polar surface area (TPSA) is 166 Å². The van der Waals surface area contributed by atoms with Crippen LogP contribution in [0.15, 0.2) is 54.9 Å². The van der Waals surface area contributed by atoms with Crippen LogP contribution in [0.25, 0.3) is 0 Å². The van der Waals surface area contributed by atoms with Crippen LogP contribution < -0.4 is 15.4 Å². The van der Waals surface area contributed by atoms with E-state index in [1.807, 2.05) is 30.3 Å². The molecule has 1 aromatic carbocycles. The minimum Gasteiger partial charge on any atom is -0.408 e. The Labute approximate surface area is 220 Å². The molecule has 0 aliphatic heterocycles. The Kier molecular flexibility index (Phi) is 8.81. The number of aromatic nitrogens is 5. The molecule has 0 atom stereocenters. The zero-order valence-electron chi connectivity index (χ0n) is 19.2. The summed E-state index contributed by atoms with van der Waals surface area (Å²) in [6.45, 7) is 0. The fourth-order valence-electron chi connectivity index (χ4n) is 2.97. The van der Waals surface area contributed by atoms with Gasteiger partial charge in [0.1, 0.15) is 10.0 Å². The zero-order valence-corrected chi connectivity index (χ0v) is 21.7. The molecule has 2 amide bonds. The quantitative estimate of drug-likeness (QED) is 0.279. The number of hydrogen-bond donors (Lipinski definition) is 2. The summed E-state index contributed by atoms with van der Waals surface area (Å²) in [5, 5.41) is 22.3. The molecule has 3 heterocycles. The minimum atomic E-state index is -3.42. The van der Waals surface area contributed by atoms with E-state index in [-0.39, 0.29) is 47.6 Å². The Morgan fingerprint density at radius 2 is 1.49 bits per heavy atom. The second-order valence-corrected chi connectivity index (χ2v) is 12.0. The molecule has 4 rings (SSSR count). The van der Waals surface area contributed by atoms with Crippen LogP contribution in [0.3, 0.4) is 0 Å². The van der Waals surface area contributed by atoms with Crippen molar-refractivity contribution in [2.75, 3.05) is 22.1 Å². The van der Waals surface area contributed by atoms with Crippen molar-refractivity contribution < 1.29 is 22.7 Å². The van der Waals surface area contributed by atoms with Crippen LogP contribution in [0.1, 0.15) is 15.6 Å². The first-order valence-corrected chi connectivity index (χ1v) is 14.4. The number of pyridine rings is 1. The lowest BCUT2D eigenvalue weighted by Gasteiger charge is -2.02. The molecule has 0 aliphatic carbocycles. The molecule has 0 fully saturated rings. The van der Waals surface area contributed by atoms with E-state index in [1.54, 1.807) is 18.3 Å². The molecule has 15 heteroatoms. The molecule has 0 saturated heterocycles. The molecule has 0 saturated carbocycles. The second kappa shape index (κ2) is 12.4. The number of hydrogen-bond acceptors (Lipinski definition) is 12. The van der Waals surface area contributed by atoms with E-state index in [0.717, 1.165) is 28.2 Å². The fourth-order valence-corrected chi connectivity index (χ4v) is 5.92. The lowest BCUT2D eigenvalue weighted by atomic mass is 10.1. The highest BCUT2D eigenvalue weighted by atomic mass is 32.2. The van der Waals surface area contributed by atoms with Crippen LogP contribution in [0, 0.1) is 0 Å². The third-order valence-electron chi connectivity index (χ3n) is 4.70. The van der Waals surface area contributed by atoms with Gasteiger partial charge in [-0.05, 0) is 17.7 Å². The highest BCUT2D eigenvalue weighted by Gasteiger charge is 2.17. The number of nitrogens with zero attached hydrogens (tertiary/aromatic N) is 5. The number of carbonyl (C=O) groups excluding carboxylic acids is 2. The maximum Gasteiger partial charge on any atom is 0.419 e. The Balaban J connectivity index is 1.20. The zero-order chi connectivity index (χ0) is 26.1. The Morgan fingerprint density at radius 1 is 0.838 bits per heavy atom. The van der Waals surface area contributed by atoms with E-state index < -0.39 is 15.9 Å². The minimum absolute atomic E-state index is 0.124. The average Bonchev–Trinajstić information content (AvgIpc) is 3.52. The average molecular weight is 560 g/mol. The van der Waals surface area contributed by atoms with E-state index in [9.17, 15) is 18.0 Å². The lowest BCUT2D eigenvalue weighted by molar-refractivity contribution is -0.115. The number of rotatable bonds is 11. The van der Waals surface area contributed by atoms with Gasteiger partial charge < -0.3 is 10.1 Å². The summed E-state index contributed by atoms with van der Waals surface area (Å²) in [7, 11) is -3.42. The molecule has 0 unspecified atom stereocenters. The largest absolute Gasteiger partial charge is 0.419 e. The molecule has 0 spiro atoms. The summed E-state index contributed by atoms with van der Waals surface area (Å²) in [6.07, 6.45) is 2.72. The number of anilines is 2. The van der Waals surface area contributed by atoms with E-state index in [1.165, 1.54) is 6.20 Å². The molecule has 37 heavy (non-hydrogen) atoms. The molecular formula is C22H21N7O5S3.